The van der Waals surface area contributed by atoms with E-state index in [9.17, 15) is 9.59 Å². The average molecular weight is 277 g/mol. The van der Waals surface area contributed by atoms with Gasteiger partial charge in [0.05, 0.1) is 17.2 Å². The Morgan fingerprint density at radius 2 is 2.21 bits per heavy atom. The highest BCUT2D eigenvalue weighted by molar-refractivity contribution is 7.11. The van der Waals surface area contributed by atoms with Crippen LogP contribution < -0.4 is 10.9 Å². The zero-order valence-electron chi connectivity index (χ0n) is 11.1. The van der Waals surface area contributed by atoms with E-state index in [-0.39, 0.29) is 11.5 Å². The fraction of sp³-hybridized carbons (Fsp3) is 0.308. The molecular formula is C13H15N3O2S. The Balaban J connectivity index is 2.07. The standard InChI is InChI=1S/C13H15N3O2S/c1-8-11(19-9(2)15-8)7-14-13(18)10-4-5-16(3)12(17)6-10/h4-6H,7H2,1-3H3,(H,14,18). The van der Waals surface area contributed by atoms with Gasteiger partial charge < -0.3 is 9.88 Å². The van der Waals surface area contributed by atoms with Gasteiger partial charge in [0.25, 0.3) is 11.5 Å². The predicted molar refractivity (Wildman–Crippen MR) is 74.4 cm³/mol. The second-order valence-corrected chi connectivity index (χ2v) is 5.58. The molecule has 0 aliphatic rings. The van der Waals surface area contributed by atoms with Crippen molar-refractivity contribution in [2.45, 2.75) is 20.4 Å². The van der Waals surface area contributed by atoms with Crippen molar-refractivity contribution in [1.82, 2.24) is 14.9 Å². The zero-order valence-corrected chi connectivity index (χ0v) is 11.9. The summed E-state index contributed by atoms with van der Waals surface area (Å²) in [6.45, 7) is 4.29. The molecule has 1 N–H and O–H groups in total. The lowest BCUT2D eigenvalue weighted by Gasteiger charge is -2.04. The van der Waals surface area contributed by atoms with E-state index in [1.54, 1.807) is 30.6 Å². The van der Waals surface area contributed by atoms with E-state index >= 15 is 0 Å². The van der Waals surface area contributed by atoms with E-state index in [0.717, 1.165) is 15.6 Å². The molecule has 6 heteroatoms. The first-order chi connectivity index (χ1) is 8.97. The number of thiazole rings is 1. The minimum atomic E-state index is -0.247. The number of rotatable bonds is 3. The molecular weight excluding hydrogens is 262 g/mol. The highest BCUT2D eigenvalue weighted by Gasteiger charge is 2.09. The number of aromatic nitrogens is 2. The first-order valence-electron chi connectivity index (χ1n) is 5.85. The number of nitrogens with one attached hydrogen (secondary N) is 1. The molecule has 2 heterocycles. The van der Waals surface area contributed by atoms with Crippen LogP contribution in [0.15, 0.2) is 23.1 Å². The van der Waals surface area contributed by atoms with E-state index in [1.165, 1.54) is 10.6 Å². The van der Waals surface area contributed by atoms with Crippen LogP contribution in [0.1, 0.15) is 25.9 Å². The highest BCUT2D eigenvalue weighted by atomic mass is 32.1. The summed E-state index contributed by atoms with van der Waals surface area (Å²) in [5, 5.41) is 3.78. The van der Waals surface area contributed by atoms with E-state index < -0.39 is 0 Å². The summed E-state index contributed by atoms with van der Waals surface area (Å²) < 4.78 is 1.42. The summed E-state index contributed by atoms with van der Waals surface area (Å²) in [5.41, 5.74) is 1.12. The van der Waals surface area contributed by atoms with Gasteiger partial charge in [-0.3, -0.25) is 9.59 Å². The summed E-state index contributed by atoms with van der Waals surface area (Å²) in [7, 11) is 1.65. The Labute approximate surface area is 114 Å². The van der Waals surface area contributed by atoms with Crippen LogP contribution in [0.25, 0.3) is 0 Å². The van der Waals surface area contributed by atoms with E-state index in [4.69, 9.17) is 0 Å². The molecule has 0 saturated heterocycles. The van der Waals surface area contributed by atoms with Crippen molar-refractivity contribution < 1.29 is 4.79 Å². The van der Waals surface area contributed by atoms with Crippen LogP contribution in [0.5, 0.6) is 0 Å². The largest absolute Gasteiger partial charge is 0.347 e. The third-order valence-electron chi connectivity index (χ3n) is 2.78. The Hall–Kier alpha value is -1.95. The molecule has 5 nitrogen and oxygen atoms in total. The Morgan fingerprint density at radius 3 is 2.79 bits per heavy atom. The molecule has 0 spiro atoms. The molecule has 0 bridgehead atoms. The maximum atomic E-state index is 11.9. The van der Waals surface area contributed by atoms with Gasteiger partial charge in [-0.1, -0.05) is 0 Å². The third kappa shape index (κ3) is 3.08. The highest BCUT2D eigenvalue weighted by Crippen LogP contribution is 2.16. The summed E-state index contributed by atoms with van der Waals surface area (Å²) in [6, 6.07) is 2.96. The molecule has 2 aromatic rings. The molecule has 0 aliphatic carbocycles. The second-order valence-electron chi connectivity index (χ2n) is 4.29. The topological polar surface area (TPSA) is 64.0 Å². The van der Waals surface area contributed by atoms with Crippen LogP contribution in [0.4, 0.5) is 0 Å². The fourth-order valence-electron chi connectivity index (χ4n) is 1.69. The number of aryl methyl sites for hydroxylation is 3. The minimum Gasteiger partial charge on any atom is -0.347 e. The van der Waals surface area contributed by atoms with Crippen molar-refractivity contribution >= 4 is 17.2 Å². The molecule has 0 atom stereocenters. The van der Waals surface area contributed by atoms with Gasteiger partial charge in [-0.2, -0.15) is 0 Å². The average Bonchev–Trinajstić information content (AvgIpc) is 2.68. The summed E-state index contributed by atoms with van der Waals surface area (Å²) in [6.07, 6.45) is 1.58. The number of hydrogen-bond donors (Lipinski definition) is 1. The van der Waals surface area contributed by atoms with Gasteiger partial charge in [-0.25, -0.2) is 4.98 Å². The van der Waals surface area contributed by atoms with Crippen LogP contribution in [-0.4, -0.2) is 15.5 Å². The van der Waals surface area contributed by atoms with Crippen LogP contribution in [0, 0.1) is 13.8 Å². The van der Waals surface area contributed by atoms with Gasteiger partial charge in [0.2, 0.25) is 0 Å². The quantitative estimate of drug-likeness (QED) is 0.922. The molecule has 0 aromatic carbocycles. The first-order valence-corrected chi connectivity index (χ1v) is 6.67. The lowest BCUT2D eigenvalue weighted by atomic mass is 10.2. The molecule has 0 aliphatic heterocycles. The molecule has 2 rings (SSSR count). The van der Waals surface area contributed by atoms with Gasteiger partial charge in [0.1, 0.15) is 0 Å². The zero-order chi connectivity index (χ0) is 14.0. The normalized spacial score (nSPS) is 10.5. The van der Waals surface area contributed by atoms with Crippen LogP contribution in [0.3, 0.4) is 0 Å². The second kappa shape index (κ2) is 5.36. The smallest absolute Gasteiger partial charge is 0.251 e. The fourth-order valence-corrected chi connectivity index (χ4v) is 2.57. The SMILES string of the molecule is Cc1nc(C)c(CNC(=O)c2ccn(C)c(=O)c2)s1. The third-order valence-corrected chi connectivity index (χ3v) is 3.85. The van der Waals surface area contributed by atoms with Crippen LogP contribution >= 0.6 is 11.3 Å². The number of nitrogens with zero attached hydrogens (tertiary/aromatic N) is 2. The molecule has 0 unspecified atom stereocenters. The number of carbonyl (C=O) groups is 1. The lowest BCUT2D eigenvalue weighted by molar-refractivity contribution is 0.0951. The Bertz CT molecular complexity index is 673. The van der Waals surface area contributed by atoms with Crippen LogP contribution in [-0.2, 0) is 13.6 Å². The first kappa shape index (κ1) is 13.5. The maximum Gasteiger partial charge on any atom is 0.251 e. The van der Waals surface area contributed by atoms with Crippen molar-refractivity contribution in [2.75, 3.05) is 0 Å². The Kier molecular flexibility index (Phi) is 3.80. The monoisotopic (exact) mass is 277 g/mol. The molecule has 19 heavy (non-hydrogen) atoms. The Morgan fingerprint density at radius 1 is 1.47 bits per heavy atom. The van der Waals surface area contributed by atoms with Gasteiger partial charge >= 0.3 is 0 Å². The molecule has 0 fully saturated rings. The van der Waals surface area contributed by atoms with Crippen molar-refractivity contribution in [3.63, 3.8) is 0 Å². The number of pyridine rings is 1. The summed E-state index contributed by atoms with van der Waals surface area (Å²) in [4.78, 5) is 28.7. The van der Waals surface area contributed by atoms with E-state index in [1.807, 2.05) is 13.8 Å². The van der Waals surface area contributed by atoms with Gasteiger partial charge in [0.15, 0.2) is 0 Å². The van der Waals surface area contributed by atoms with Crippen molar-refractivity contribution in [2.24, 2.45) is 7.05 Å². The van der Waals surface area contributed by atoms with Gasteiger partial charge in [-0.15, -0.1) is 11.3 Å². The van der Waals surface area contributed by atoms with Crippen molar-refractivity contribution in [3.8, 4) is 0 Å². The van der Waals surface area contributed by atoms with Crippen molar-refractivity contribution in [1.29, 1.82) is 0 Å². The van der Waals surface area contributed by atoms with E-state index in [2.05, 4.69) is 10.3 Å². The van der Waals surface area contributed by atoms with Crippen molar-refractivity contribution in [3.05, 3.63) is 49.8 Å². The predicted octanol–water partition coefficient (Wildman–Crippen LogP) is 1.39. The number of amides is 1. The number of carbonyl (C=O) groups excluding carboxylic acids is 1. The number of hydrogen-bond acceptors (Lipinski definition) is 4. The van der Waals surface area contributed by atoms with E-state index in [0.29, 0.717) is 12.1 Å². The summed E-state index contributed by atoms with van der Waals surface area (Å²) >= 11 is 1.57. The molecule has 0 radical (unpaired) electrons. The molecule has 0 saturated carbocycles. The molecule has 1 amide bonds. The summed E-state index contributed by atoms with van der Waals surface area (Å²) in [5.74, 6) is -0.247. The van der Waals surface area contributed by atoms with Gasteiger partial charge in [-0.05, 0) is 19.9 Å². The maximum absolute atomic E-state index is 11.9. The molecule has 2 aromatic heterocycles. The lowest BCUT2D eigenvalue weighted by Crippen LogP contribution is -2.25. The van der Waals surface area contributed by atoms with Crippen LogP contribution in [0.2, 0.25) is 0 Å². The van der Waals surface area contributed by atoms with Gasteiger partial charge in [0, 0.05) is 29.8 Å². The minimum absolute atomic E-state index is 0.197. The molecule has 100 valence electrons.